The summed E-state index contributed by atoms with van der Waals surface area (Å²) in [7, 11) is 0. The van der Waals surface area contributed by atoms with E-state index >= 15 is 0 Å². The van der Waals surface area contributed by atoms with Crippen LogP contribution in [0.4, 0.5) is 0 Å². The summed E-state index contributed by atoms with van der Waals surface area (Å²) in [6.45, 7) is 8.73. The first-order chi connectivity index (χ1) is 9.36. The highest BCUT2D eigenvalue weighted by Gasteiger charge is 2.18. The summed E-state index contributed by atoms with van der Waals surface area (Å²) in [5.41, 5.74) is 2.42. The molecule has 2 aromatic rings. The van der Waals surface area contributed by atoms with Crippen LogP contribution in [0, 0.1) is 6.92 Å². The molecule has 0 saturated carbocycles. The van der Waals surface area contributed by atoms with Crippen LogP contribution in [-0.2, 0) is 12.0 Å². The second kappa shape index (κ2) is 5.71. The van der Waals surface area contributed by atoms with Gasteiger partial charge in [0.25, 0.3) is 5.91 Å². The van der Waals surface area contributed by atoms with Gasteiger partial charge >= 0.3 is 0 Å². The van der Waals surface area contributed by atoms with E-state index < -0.39 is 0 Å². The fraction of sp³-hybridized carbons (Fsp3) is 0.400. The average Bonchev–Trinajstić information content (AvgIpc) is 2.85. The fourth-order valence-electron chi connectivity index (χ4n) is 1.61. The summed E-state index contributed by atoms with van der Waals surface area (Å²) in [6.07, 6.45) is 1.59. The number of aryl methyl sites for hydroxylation is 1. The van der Waals surface area contributed by atoms with E-state index in [1.807, 2.05) is 18.4 Å². The van der Waals surface area contributed by atoms with E-state index in [1.165, 1.54) is 0 Å². The van der Waals surface area contributed by atoms with Gasteiger partial charge in [-0.3, -0.25) is 9.78 Å². The number of aromatic nitrogens is 2. The standard InChI is InChI=1S/C15H19N3OS/c1-10-5-6-11(7-16-10)13(19)17-8-12-9-20-14(18-12)15(2,3)4/h5-7,9H,8H2,1-4H3,(H,17,19). The van der Waals surface area contributed by atoms with Crippen molar-refractivity contribution in [2.45, 2.75) is 39.7 Å². The highest BCUT2D eigenvalue weighted by molar-refractivity contribution is 7.09. The summed E-state index contributed by atoms with van der Waals surface area (Å²) in [6, 6.07) is 3.61. The Bertz CT molecular complexity index is 596. The normalized spacial score (nSPS) is 11.4. The van der Waals surface area contributed by atoms with Crippen molar-refractivity contribution >= 4 is 17.2 Å². The molecule has 0 aliphatic carbocycles. The molecule has 1 amide bonds. The molecule has 5 heteroatoms. The molecule has 0 radical (unpaired) electrons. The minimum Gasteiger partial charge on any atom is -0.346 e. The first-order valence-electron chi connectivity index (χ1n) is 6.52. The van der Waals surface area contributed by atoms with E-state index in [-0.39, 0.29) is 11.3 Å². The third kappa shape index (κ3) is 3.63. The molecular weight excluding hydrogens is 270 g/mol. The van der Waals surface area contributed by atoms with Crippen molar-refractivity contribution in [3.8, 4) is 0 Å². The minimum atomic E-state index is -0.122. The van der Waals surface area contributed by atoms with Crippen molar-refractivity contribution in [2.24, 2.45) is 0 Å². The maximum absolute atomic E-state index is 12.0. The van der Waals surface area contributed by atoms with E-state index in [2.05, 4.69) is 36.1 Å². The molecule has 0 aliphatic rings. The Labute approximate surface area is 123 Å². The van der Waals surface area contributed by atoms with Gasteiger partial charge in [0, 0.05) is 22.7 Å². The van der Waals surface area contributed by atoms with Crippen LogP contribution in [0.15, 0.2) is 23.7 Å². The zero-order valence-corrected chi connectivity index (χ0v) is 13.0. The van der Waals surface area contributed by atoms with Crippen LogP contribution in [0.5, 0.6) is 0 Å². The quantitative estimate of drug-likeness (QED) is 0.944. The van der Waals surface area contributed by atoms with Crippen LogP contribution in [-0.4, -0.2) is 15.9 Å². The van der Waals surface area contributed by atoms with Gasteiger partial charge in [-0.1, -0.05) is 20.8 Å². The number of carbonyl (C=O) groups is 1. The first kappa shape index (κ1) is 14.7. The molecule has 0 saturated heterocycles. The monoisotopic (exact) mass is 289 g/mol. The zero-order valence-electron chi connectivity index (χ0n) is 12.2. The van der Waals surface area contributed by atoms with Gasteiger partial charge in [0.15, 0.2) is 0 Å². The van der Waals surface area contributed by atoms with Gasteiger partial charge < -0.3 is 5.32 Å². The number of hydrogen-bond donors (Lipinski definition) is 1. The largest absolute Gasteiger partial charge is 0.346 e. The molecule has 20 heavy (non-hydrogen) atoms. The van der Waals surface area contributed by atoms with Crippen LogP contribution in [0.25, 0.3) is 0 Å². The summed E-state index contributed by atoms with van der Waals surface area (Å²) in [5.74, 6) is -0.122. The van der Waals surface area contributed by atoms with Crippen LogP contribution >= 0.6 is 11.3 Å². The second-order valence-corrected chi connectivity index (χ2v) is 6.62. The molecule has 0 atom stereocenters. The zero-order chi connectivity index (χ0) is 14.8. The van der Waals surface area contributed by atoms with Gasteiger partial charge in [-0.15, -0.1) is 11.3 Å². The van der Waals surface area contributed by atoms with Crippen molar-refractivity contribution in [1.29, 1.82) is 0 Å². The summed E-state index contributed by atoms with van der Waals surface area (Å²) in [5, 5.41) is 5.94. The Hall–Kier alpha value is -1.75. The lowest BCUT2D eigenvalue weighted by Crippen LogP contribution is -2.23. The second-order valence-electron chi connectivity index (χ2n) is 5.76. The summed E-state index contributed by atoms with van der Waals surface area (Å²) < 4.78 is 0. The Morgan fingerprint density at radius 2 is 2.10 bits per heavy atom. The molecule has 2 heterocycles. The molecule has 0 bridgehead atoms. The van der Waals surface area contributed by atoms with Crippen molar-refractivity contribution in [3.63, 3.8) is 0 Å². The molecule has 1 N–H and O–H groups in total. The van der Waals surface area contributed by atoms with E-state index in [0.717, 1.165) is 16.4 Å². The molecule has 4 nitrogen and oxygen atoms in total. The number of nitrogens with zero attached hydrogens (tertiary/aromatic N) is 2. The number of hydrogen-bond acceptors (Lipinski definition) is 4. The number of nitrogens with one attached hydrogen (secondary N) is 1. The smallest absolute Gasteiger partial charge is 0.253 e. The number of pyridine rings is 1. The summed E-state index contributed by atoms with van der Waals surface area (Å²) >= 11 is 1.63. The van der Waals surface area contributed by atoms with Gasteiger partial charge in [-0.25, -0.2) is 4.98 Å². The van der Waals surface area contributed by atoms with Crippen molar-refractivity contribution in [1.82, 2.24) is 15.3 Å². The van der Waals surface area contributed by atoms with Crippen LogP contribution < -0.4 is 5.32 Å². The topological polar surface area (TPSA) is 54.9 Å². The molecule has 0 unspecified atom stereocenters. The number of carbonyl (C=O) groups excluding carboxylic acids is 1. The maximum atomic E-state index is 12.0. The van der Waals surface area contributed by atoms with Crippen molar-refractivity contribution < 1.29 is 4.79 Å². The van der Waals surface area contributed by atoms with Crippen molar-refractivity contribution in [3.05, 3.63) is 45.7 Å². The minimum absolute atomic E-state index is 0.0494. The lowest BCUT2D eigenvalue weighted by atomic mass is 9.98. The molecule has 2 aromatic heterocycles. The van der Waals surface area contributed by atoms with Gasteiger partial charge in [0.2, 0.25) is 0 Å². The van der Waals surface area contributed by atoms with E-state index in [9.17, 15) is 4.79 Å². The van der Waals surface area contributed by atoms with Gasteiger partial charge in [0.05, 0.1) is 22.8 Å². The Kier molecular flexibility index (Phi) is 4.18. The molecule has 0 aliphatic heterocycles. The SMILES string of the molecule is Cc1ccc(C(=O)NCc2csc(C(C)(C)C)n2)cn1. The molecule has 106 valence electrons. The third-order valence-corrected chi connectivity index (χ3v) is 4.11. The highest BCUT2D eigenvalue weighted by atomic mass is 32.1. The molecule has 0 fully saturated rings. The predicted octanol–water partition coefficient (Wildman–Crippen LogP) is 3.07. The predicted molar refractivity (Wildman–Crippen MR) is 81.0 cm³/mol. The first-order valence-corrected chi connectivity index (χ1v) is 7.40. The number of rotatable bonds is 3. The van der Waals surface area contributed by atoms with Crippen LogP contribution in [0.2, 0.25) is 0 Å². The van der Waals surface area contributed by atoms with E-state index in [4.69, 9.17) is 0 Å². The van der Waals surface area contributed by atoms with Gasteiger partial charge in [-0.05, 0) is 19.1 Å². The van der Waals surface area contributed by atoms with E-state index in [1.54, 1.807) is 23.6 Å². The lowest BCUT2D eigenvalue weighted by molar-refractivity contribution is 0.0950. The lowest BCUT2D eigenvalue weighted by Gasteiger charge is -2.13. The average molecular weight is 289 g/mol. The van der Waals surface area contributed by atoms with Crippen LogP contribution in [0.3, 0.4) is 0 Å². The Balaban J connectivity index is 1.97. The van der Waals surface area contributed by atoms with Crippen LogP contribution in [0.1, 0.15) is 47.5 Å². The van der Waals surface area contributed by atoms with E-state index in [0.29, 0.717) is 12.1 Å². The Morgan fingerprint density at radius 1 is 1.35 bits per heavy atom. The van der Waals surface area contributed by atoms with Gasteiger partial charge in [0.1, 0.15) is 0 Å². The fourth-order valence-corrected chi connectivity index (χ4v) is 2.51. The molecule has 0 aromatic carbocycles. The number of amides is 1. The van der Waals surface area contributed by atoms with Crippen molar-refractivity contribution in [2.75, 3.05) is 0 Å². The molecular formula is C15H19N3OS. The third-order valence-electron chi connectivity index (χ3n) is 2.80. The maximum Gasteiger partial charge on any atom is 0.253 e. The summed E-state index contributed by atoms with van der Waals surface area (Å²) in [4.78, 5) is 20.6. The highest BCUT2D eigenvalue weighted by Crippen LogP contribution is 2.25. The Morgan fingerprint density at radius 3 is 2.65 bits per heavy atom. The molecule has 2 rings (SSSR count). The number of thiazole rings is 1. The van der Waals surface area contributed by atoms with Gasteiger partial charge in [-0.2, -0.15) is 0 Å². The molecule has 0 spiro atoms.